The Morgan fingerprint density at radius 1 is 1.40 bits per heavy atom. The molecule has 0 bridgehead atoms. The van der Waals surface area contributed by atoms with Gasteiger partial charge in [0.2, 0.25) is 0 Å². The topological polar surface area (TPSA) is 65.1 Å². The number of nitrogens with zero attached hydrogens (tertiary/aromatic N) is 2. The summed E-state index contributed by atoms with van der Waals surface area (Å²) in [5, 5.41) is 7.78. The van der Waals surface area contributed by atoms with Crippen LogP contribution in [0, 0.1) is 6.92 Å². The number of hydrogen-bond donors (Lipinski definition) is 2. The quantitative estimate of drug-likeness (QED) is 0.888. The summed E-state index contributed by atoms with van der Waals surface area (Å²) in [5.74, 6) is 1.60. The van der Waals surface area contributed by atoms with Gasteiger partial charge in [0.25, 0.3) is 0 Å². The number of nitrogens with two attached hydrogens (primary N) is 1. The van der Waals surface area contributed by atoms with Crippen molar-refractivity contribution in [1.82, 2.24) is 9.78 Å². The molecule has 0 saturated carbocycles. The predicted molar refractivity (Wildman–Crippen MR) is 85.7 cm³/mol. The lowest BCUT2D eigenvalue weighted by molar-refractivity contribution is 0.412. The highest BCUT2D eigenvalue weighted by Gasteiger charge is 2.15. The van der Waals surface area contributed by atoms with Gasteiger partial charge >= 0.3 is 0 Å². The molecule has 0 unspecified atom stereocenters. The van der Waals surface area contributed by atoms with Gasteiger partial charge in [-0.05, 0) is 54.9 Å². The Morgan fingerprint density at radius 2 is 2.10 bits per heavy atom. The Morgan fingerprint density at radius 3 is 2.65 bits per heavy atom. The van der Waals surface area contributed by atoms with Crippen molar-refractivity contribution in [2.75, 3.05) is 18.2 Å². The molecule has 2 aromatic rings. The van der Waals surface area contributed by atoms with Crippen molar-refractivity contribution >= 4 is 33.1 Å². The number of anilines is 3. The van der Waals surface area contributed by atoms with Crippen LogP contribution in [0.1, 0.15) is 25.6 Å². The molecule has 20 heavy (non-hydrogen) atoms. The average molecular weight is 339 g/mol. The first kappa shape index (κ1) is 14.7. The van der Waals surface area contributed by atoms with Gasteiger partial charge in [-0.25, -0.2) is 4.68 Å². The van der Waals surface area contributed by atoms with E-state index < -0.39 is 0 Å². The summed E-state index contributed by atoms with van der Waals surface area (Å²) in [6.07, 6.45) is 0. The number of nitrogens with one attached hydrogen (secondary N) is 1. The Kier molecular flexibility index (Phi) is 4.23. The highest BCUT2D eigenvalue weighted by Crippen LogP contribution is 2.32. The third kappa shape index (κ3) is 2.75. The second-order valence-electron chi connectivity index (χ2n) is 4.86. The van der Waals surface area contributed by atoms with Crippen LogP contribution in [0.5, 0.6) is 5.75 Å². The Bertz CT molecular complexity index is 622. The van der Waals surface area contributed by atoms with E-state index in [1.807, 2.05) is 29.8 Å². The molecule has 0 aliphatic carbocycles. The largest absolute Gasteiger partial charge is 0.496 e. The van der Waals surface area contributed by atoms with E-state index >= 15 is 0 Å². The van der Waals surface area contributed by atoms with Gasteiger partial charge in [0, 0.05) is 11.7 Å². The number of methoxy groups -OCH3 is 1. The lowest BCUT2D eigenvalue weighted by Crippen LogP contribution is -2.08. The fourth-order valence-corrected chi connectivity index (χ4v) is 2.48. The van der Waals surface area contributed by atoms with Crippen molar-refractivity contribution in [2.45, 2.75) is 26.8 Å². The summed E-state index contributed by atoms with van der Waals surface area (Å²) in [5.41, 5.74) is 8.52. The van der Waals surface area contributed by atoms with Crippen molar-refractivity contribution in [3.63, 3.8) is 0 Å². The second kappa shape index (κ2) is 5.75. The van der Waals surface area contributed by atoms with Crippen molar-refractivity contribution in [3.05, 3.63) is 28.4 Å². The summed E-state index contributed by atoms with van der Waals surface area (Å²) >= 11 is 3.47. The molecule has 0 radical (unpaired) electrons. The van der Waals surface area contributed by atoms with E-state index in [-0.39, 0.29) is 6.04 Å². The molecule has 2 rings (SSSR count). The van der Waals surface area contributed by atoms with Crippen LogP contribution in [0.4, 0.5) is 17.2 Å². The number of ether oxygens (including phenoxy) is 1. The van der Waals surface area contributed by atoms with Crippen molar-refractivity contribution in [2.24, 2.45) is 0 Å². The van der Waals surface area contributed by atoms with E-state index in [4.69, 9.17) is 10.5 Å². The van der Waals surface area contributed by atoms with E-state index in [0.29, 0.717) is 5.69 Å². The molecular weight excluding hydrogens is 320 g/mol. The third-order valence-electron chi connectivity index (χ3n) is 3.04. The molecule has 0 atom stereocenters. The van der Waals surface area contributed by atoms with Gasteiger partial charge in [-0.1, -0.05) is 0 Å². The highest BCUT2D eigenvalue weighted by atomic mass is 79.9. The van der Waals surface area contributed by atoms with E-state index in [9.17, 15) is 0 Å². The minimum atomic E-state index is 0.232. The molecule has 1 aromatic heterocycles. The fraction of sp³-hybridized carbons (Fsp3) is 0.357. The Hall–Kier alpha value is -1.69. The first-order valence-electron chi connectivity index (χ1n) is 6.39. The lowest BCUT2D eigenvalue weighted by Gasteiger charge is -2.14. The van der Waals surface area contributed by atoms with Crippen molar-refractivity contribution in [3.8, 4) is 5.75 Å². The number of nitrogen functional groups attached to an aromatic ring is 1. The highest BCUT2D eigenvalue weighted by molar-refractivity contribution is 9.10. The zero-order chi connectivity index (χ0) is 14.9. The number of aromatic nitrogens is 2. The average Bonchev–Trinajstić information content (AvgIpc) is 2.67. The molecule has 108 valence electrons. The van der Waals surface area contributed by atoms with Gasteiger partial charge in [0.1, 0.15) is 5.75 Å². The van der Waals surface area contributed by atoms with Crippen LogP contribution in [0.3, 0.4) is 0 Å². The number of benzene rings is 1. The van der Waals surface area contributed by atoms with Gasteiger partial charge in [-0.15, -0.1) is 0 Å². The van der Waals surface area contributed by atoms with Gasteiger partial charge in [0.15, 0.2) is 5.82 Å². The first-order chi connectivity index (χ1) is 9.43. The van der Waals surface area contributed by atoms with Crippen LogP contribution in [0.15, 0.2) is 22.7 Å². The molecule has 3 N–H and O–H groups in total. The summed E-state index contributed by atoms with van der Waals surface area (Å²) < 4.78 is 8.00. The summed E-state index contributed by atoms with van der Waals surface area (Å²) in [6, 6.07) is 6.02. The smallest absolute Gasteiger partial charge is 0.152 e. The summed E-state index contributed by atoms with van der Waals surface area (Å²) in [6.45, 7) is 6.05. The van der Waals surface area contributed by atoms with Crippen LogP contribution >= 0.6 is 15.9 Å². The predicted octanol–water partition coefficient (Wildman–Crippen LogP) is 3.87. The zero-order valence-corrected chi connectivity index (χ0v) is 13.7. The van der Waals surface area contributed by atoms with Gasteiger partial charge in [-0.2, -0.15) is 5.10 Å². The second-order valence-corrected chi connectivity index (χ2v) is 5.71. The normalized spacial score (nSPS) is 10.9. The monoisotopic (exact) mass is 338 g/mol. The van der Waals surface area contributed by atoms with E-state index in [1.54, 1.807) is 7.11 Å². The first-order valence-corrected chi connectivity index (χ1v) is 7.18. The van der Waals surface area contributed by atoms with Gasteiger partial charge < -0.3 is 15.8 Å². The van der Waals surface area contributed by atoms with Crippen molar-refractivity contribution < 1.29 is 4.74 Å². The molecule has 0 fully saturated rings. The summed E-state index contributed by atoms with van der Waals surface area (Å²) in [4.78, 5) is 0. The molecule has 0 spiro atoms. The molecule has 6 heteroatoms. The molecule has 0 aliphatic rings. The van der Waals surface area contributed by atoms with Gasteiger partial charge in [-0.3, -0.25) is 0 Å². The Labute approximate surface area is 127 Å². The maximum absolute atomic E-state index is 6.10. The lowest BCUT2D eigenvalue weighted by atomic mass is 10.3. The maximum atomic E-state index is 6.10. The standard InChI is InChI=1S/C14H19BrN4O/c1-8(2)19-14(13(16)9(3)18-19)17-10-5-6-12(20-4)11(15)7-10/h5-8,17H,16H2,1-4H3. The van der Waals surface area contributed by atoms with E-state index in [2.05, 4.69) is 40.2 Å². The maximum Gasteiger partial charge on any atom is 0.152 e. The van der Waals surface area contributed by atoms with Crippen LogP contribution in [0.25, 0.3) is 0 Å². The number of rotatable bonds is 4. The zero-order valence-electron chi connectivity index (χ0n) is 12.1. The van der Waals surface area contributed by atoms with Crippen LogP contribution < -0.4 is 15.8 Å². The Balaban J connectivity index is 2.37. The summed E-state index contributed by atoms with van der Waals surface area (Å²) in [7, 11) is 1.64. The SMILES string of the molecule is COc1ccc(Nc2c(N)c(C)nn2C(C)C)cc1Br. The molecule has 0 saturated heterocycles. The van der Waals surface area contributed by atoms with Crippen LogP contribution in [-0.2, 0) is 0 Å². The number of aryl methyl sites for hydroxylation is 1. The minimum Gasteiger partial charge on any atom is -0.496 e. The van der Waals surface area contributed by atoms with E-state index in [0.717, 1.165) is 27.4 Å². The molecule has 5 nitrogen and oxygen atoms in total. The molecule has 0 amide bonds. The number of hydrogen-bond acceptors (Lipinski definition) is 4. The third-order valence-corrected chi connectivity index (χ3v) is 3.66. The molecule has 0 aliphatic heterocycles. The fourth-order valence-electron chi connectivity index (χ4n) is 1.94. The van der Waals surface area contributed by atoms with E-state index in [1.165, 1.54) is 0 Å². The molecular formula is C14H19BrN4O. The molecule has 1 heterocycles. The molecule has 1 aromatic carbocycles. The van der Waals surface area contributed by atoms with Crippen LogP contribution in [0.2, 0.25) is 0 Å². The van der Waals surface area contributed by atoms with Gasteiger partial charge in [0.05, 0.1) is 23.0 Å². The van der Waals surface area contributed by atoms with Crippen LogP contribution in [-0.4, -0.2) is 16.9 Å². The number of halogens is 1. The minimum absolute atomic E-state index is 0.232. The van der Waals surface area contributed by atoms with Crippen molar-refractivity contribution in [1.29, 1.82) is 0 Å².